The highest BCUT2D eigenvalue weighted by atomic mass is 35.5. The molecule has 1 aromatic heterocycles. The molecule has 0 amide bonds. The Hall–Kier alpha value is -1.39. The van der Waals surface area contributed by atoms with Gasteiger partial charge in [0.2, 0.25) is 0 Å². The van der Waals surface area contributed by atoms with Crippen molar-refractivity contribution < 1.29 is 0 Å². The second-order valence-corrected chi connectivity index (χ2v) is 5.38. The largest absolute Gasteiger partial charge is 0.313 e. The molecule has 0 aliphatic rings. The fraction of sp³-hybridized carbons (Fsp3) is 0.467. The lowest BCUT2D eigenvalue weighted by Gasteiger charge is -2.19. The molecule has 0 saturated carbocycles. The lowest BCUT2D eigenvalue weighted by molar-refractivity contribution is 0.516. The van der Waals surface area contributed by atoms with Gasteiger partial charge >= 0.3 is 0 Å². The lowest BCUT2D eigenvalue weighted by Crippen LogP contribution is -2.22. The summed E-state index contributed by atoms with van der Waals surface area (Å²) in [5.74, 6) is 1.01. The zero-order valence-corrected chi connectivity index (χ0v) is 13.0. The Morgan fingerprint density at radius 2 is 2.20 bits per heavy atom. The maximum Gasteiger partial charge on any atom is 0.138 e. The summed E-state index contributed by atoms with van der Waals surface area (Å²) in [7, 11) is 1.97. The highest BCUT2D eigenvalue weighted by Gasteiger charge is 2.16. The van der Waals surface area contributed by atoms with E-state index < -0.39 is 0 Å². The van der Waals surface area contributed by atoms with Crippen LogP contribution in [0.15, 0.2) is 24.5 Å². The summed E-state index contributed by atoms with van der Waals surface area (Å²) in [6.45, 7) is 5.14. The molecule has 108 valence electrons. The Labute approximate surface area is 125 Å². The molecule has 4 nitrogen and oxygen atoms in total. The van der Waals surface area contributed by atoms with Crippen molar-refractivity contribution in [1.29, 1.82) is 0 Å². The van der Waals surface area contributed by atoms with Gasteiger partial charge in [0.1, 0.15) is 12.2 Å². The number of benzene rings is 1. The molecule has 1 heterocycles. The predicted octanol–water partition coefficient (Wildman–Crippen LogP) is 3.15. The molecule has 0 spiro atoms. The number of rotatable bonds is 6. The molecule has 0 aliphatic heterocycles. The number of nitrogens with zero attached hydrogens (tertiary/aromatic N) is 3. The molecular formula is C15H21ClN4. The van der Waals surface area contributed by atoms with Crippen LogP contribution in [0.5, 0.6) is 0 Å². The van der Waals surface area contributed by atoms with E-state index in [-0.39, 0.29) is 6.04 Å². The molecule has 2 rings (SSSR count). The summed E-state index contributed by atoms with van der Waals surface area (Å²) in [5, 5.41) is 8.42. The van der Waals surface area contributed by atoms with Gasteiger partial charge in [-0.3, -0.25) is 4.68 Å². The molecule has 5 heteroatoms. The predicted molar refractivity (Wildman–Crippen MR) is 82.0 cm³/mol. The third-order valence-corrected chi connectivity index (χ3v) is 3.71. The van der Waals surface area contributed by atoms with E-state index in [2.05, 4.69) is 35.3 Å². The molecule has 1 atom stereocenters. The van der Waals surface area contributed by atoms with Crippen LogP contribution in [0.25, 0.3) is 0 Å². The topological polar surface area (TPSA) is 42.7 Å². The summed E-state index contributed by atoms with van der Waals surface area (Å²) in [5.41, 5.74) is 2.45. The normalized spacial score (nSPS) is 12.6. The zero-order valence-electron chi connectivity index (χ0n) is 12.2. The Bertz CT molecular complexity index is 565. The van der Waals surface area contributed by atoms with E-state index in [1.54, 1.807) is 6.33 Å². The summed E-state index contributed by atoms with van der Waals surface area (Å²) in [4.78, 5) is 4.38. The molecule has 1 aromatic carbocycles. The van der Waals surface area contributed by atoms with Gasteiger partial charge in [0.15, 0.2) is 0 Å². The van der Waals surface area contributed by atoms with Gasteiger partial charge in [-0.25, -0.2) is 4.98 Å². The number of hydrogen-bond donors (Lipinski definition) is 1. The fourth-order valence-electron chi connectivity index (χ4n) is 2.42. The molecule has 0 bridgehead atoms. The number of hydrogen-bond acceptors (Lipinski definition) is 3. The maximum absolute atomic E-state index is 6.03. The van der Waals surface area contributed by atoms with Crippen molar-refractivity contribution in [2.75, 3.05) is 7.05 Å². The molecule has 0 aliphatic carbocycles. The molecule has 1 N–H and O–H groups in total. The molecule has 20 heavy (non-hydrogen) atoms. The van der Waals surface area contributed by atoms with E-state index in [0.717, 1.165) is 30.2 Å². The first-order chi connectivity index (χ1) is 9.65. The van der Waals surface area contributed by atoms with E-state index >= 15 is 0 Å². The Morgan fingerprint density at radius 3 is 2.85 bits per heavy atom. The van der Waals surface area contributed by atoms with Crippen molar-refractivity contribution in [1.82, 2.24) is 20.1 Å². The Kier molecular flexibility index (Phi) is 5.15. The van der Waals surface area contributed by atoms with Gasteiger partial charge < -0.3 is 5.32 Å². The highest BCUT2D eigenvalue weighted by molar-refractivity contribution is 6.30. The van der Waals surface area contributed by atoms with Crippen molar-refractivity contribution in [3.8, 4) is 0 Å². The number of aryl methyl sites for hydroxylation is 2. The quantitative estimate of drug-likeness (QED) is 0.889. The number of likely N-dealkylation sites (N-methyl/N-ethyl adjacent to an activating group) is 1. The van der Waals surface area contributed by atoms with Crippen LogP contribution in [0.4, 0.5) is 0 Å². The van der Waals surface area contributed by atoms with Crippen molar-refractivity contribution in [3.63, 3.8) is 0 Å². The Balaban J connectivity index is 2.22. The van der Waals surface area contributed by atoms with Gasteiger partial charge in [-0.1, -0.05) is 24.6 Å². The van der Waals surface area contributed by atoms with E-state index in [1.165, 1.54) is 11.1 Å². The smallest absolute Gasteiger partial charge is 0.138 e. The molecule has 2 aromatic rings. The van der Waals surface area contributed by atoms with Gasteiger partial charge in [-0.2, -0.15) is 5.10 Å². The maximum atomic E-state index is 6.03. The first-order valence-corrected chi connectivity index (χ1v) is 7.33. The highest BCUT2D eigenvalue weighted by Crippen LogP contribution is 2.23. The van der Waals surface area contributed by atoms with Gasteiger partial charge in [-0.05, 0) is 43.7 Å². The van der Waals surface area contributed by atoms with E-state index in [1.807, 2.05) is 23.9 Å². The van der Waals surface area contributed by atoms with Gasteiger partial charge in [-0.15, -0.1) is 0 Å². The van der Waals surface area contributed by atoms with Crippen LogP contribution in [0, 0.1) is 6.92 Å². The van der Waals surface area contributed by atoms with E-state index in [0.29, 0.717) is 0 Å². The average Bonchev–Trinajstić information content (AvgIpc) is 2.84. The summed E-state index contributed by atoms with van der Waals surface area (Å²) < 4.78 is 1.98. The summed E-state index contributed by atoms with van der Waals surface area (Å²) >= 11 is 6.03. The summed E-state index contributed by atoms with van der Waals surface area (Å²) in [6, 6.07) is 6.23. The fourth-order valence-corrected chi connectivity index (χ4v) is 2.65. The number of halogens is 1. The van der Waals surface area contributed by atoms with Gasteiger partial charge in [0, 0.05) is 24.0 Å². The number of nitrogens with one attached hydrogen (secondary N) is 1. The second kappa shape index (κ2) is 6.86. The van der Waals surface area contributed by atoms with E-state index in [9.17, 15) is 0 Å². The third kappa shape index (κ3) is 3.38. The minimum Gasteiger partial charge on any atom is -0.313 e. The van der Waals surface area contributed by atoms with Crippen LogP contribution in [0.1, 0.15) is 36.3 Å². The molecular weight excluding hydrogens is 272 g/mol. The zero-order chi connectivity index (χ0) is 14.5. The van der Waals surface area contributed by atoms with Crippen LogP contribution in [-0.2, 0) is 13.0 Å². The number of aromatic nitrogens is 3. The summed E-state index contributed by atoms with van der Waals surface area (Å²) in [6.07, 6.45) is 3.51. The monoisotopic (exact) mass is 292 g/mol. The van der Waals surface area contributed by atoms with Crippen LogP contribution >= 0.6 is 11.6 Å². The first-order valence-electron chi connectivity index (χ1n) is 6.95. The standard InChI is InChI=1S/C15H21ClN4/c1-4-7-20-15(18-10-19-20)9-14(17-3)13-6-5-12(16)8-11(13)2/h5-6,8,10,14,17H,4,7,9H2,1-3H3. The molecule has 0 saturated heterocycles. The van der Waals surface area contributed by atoms with Gasteiger partial charge in [0.25, 0.3) is 0 Å². The van der Waals surface area contributed by atoms with Crippen LogP contribution in [-0.4, -0.2) is 21.8 Å². The van der Waals surface area contributed by atoms with Crippen molar-refractivity contribution >= 4 is 11.6 Å². The van der Waals surface area contributed by atoms with Crippen LogP contribution < -0.4 is 5.32 Å². The second-order valence-electron chi connectivity index (χ2n) is 4.95. The molecule has 0 fully saturated rings. The van der Waals surface area contributed by atoms with Gasteiger partial charge in [0.05, 0.1) is 0 Å². The minimum atomic E-state index is 0.215. The van der Waals surface area contributed by atoms with Crippen molar-refractivity contribution in [2.45, 2.75) is 39.3 Å². The third-order valence-electron chi connectivity index (χ3n) is 3.47. The van der Waals surface area contributed by atoms with Crippen LogP contribution in [0.3, 0.4) is 0 Å². The molecule has 0 radical (unpaired) electrons. The first kappa shape index (κ1) is 15.0. The van der Waals surface area contributed by atoms with Crippen molar-refractivity contribution in [3.05, 3.63) is 46.5 Å². The lowest BCUT2D eigenvalue weighted by atomic mass is 9.98. The molecule has 1 unspecified atom stereocenters. The van der Waals surface area contributed by atoms with E-state index in [4.69, 9.17) is 11.6 Å². The van der Waals surface area contributed by atoms with Crippen LogP contribution in [0.2, 0.25) is 5.02 Å². The SMILES string of the molecule is CCCn1ncnc1CC(NC)c1ccc(Cl)cc1C. The average molecular weight is 293 g/mol. The minimum absolute atomic E-state index is 0.215. The van der Waals surface area contributed by atoms with Crippen molar-refractivity contribution in [2.24, 2.45) is 0 Å². The Morgan fingerprint density at radius 1 is 1.40 bits per heavy atom.